The van der Waals surface area contributed by atoms with E-state index in [9.17, 15) is 4.39 Å². The zero-order valence-corrected chi connectivity index (χ0v) is 14.5. The Labute approximate surface area is 137 Å². The van der Waals surface area contributed by atoms with Crippen molar-refractivity contribution in [3.63, 3.8) is 0 Å². The molecule has 6 heteroatoms. The zero-order chi connectivity index (χ0) is 15.4. The molecule has 0 saturated heterocycles. The van der Waals surface area contributed by atoms with Gasteiger partial charge >= 0.3 is 0 Å². The summed E-state index contributed by atoms with van der Waals surface area (Å²) >= 11 is 9.39. The smallest absolute Gasteiger partial charge is 0.139 e. The van der Waals surface area contributed by atoms with Crippen LogP contribution >= 0.6 is 27.5 Å². The summed E-state index contributed by atoms with van der Waals surface area (Å²) in [5.41, 5.74) is 1.52. The Morgan fingerprint density at radius 3 is 2.86 bits per heavy atom. The number of fused-ring (bicyclic) bond motifs is 1. The van der Waals surface area contributed by atoms with Crippen molar-refractivity contribution in [3.05, 3.63) is 28.2 Å². The number of imidazole rings is 1. The summed E-state index contributed by atoms with van der Waals surface area (Å²) in [6.45, 7) is 6.12. The lowest BCUT2D eigenvalue weighted by Crippen LogP contribution is -2.07. The summed E-state index contributed by atoms with van der Waals surface area (Å²) in [6, 6.07) is 3.19. The van der Waals surface area contributed by atoms with Crippen LogP contribution in [0.3, 0.4) is 0 Å². The molecule has 1 aromatic carbocycles. The molecule has 3 nitrogen and oxygen atoms in total. The molecule has 0 amide bonds. The van der Waals surface area contributed by atoms with Crippen LogP contribution in [-0.4, -0.2) is 22.8 Å². The molecule has 0 spiro atoms. The van der Waals surface area contributed by atoms with Crippen molar-refractivity contribution in [2.24, 2.45) is 0 Å². The Balaban J connectivity index is 2.26. The zero-order valence-electron chi connectivity index (χ0n) is 12.2. The SMILES string of the molecule is CCCOCCCn1c(C(C)Cl)nc2cc(Br)c(F)cc21. The van der Waals surface area contributed by atoms with E-state index in [1.54, 1.807) is 6.07 Å². The van der Waals surface area contributed by atoms with Gasteiger partial charge in [0.25, 0.3) is 0 Å². The minimum Gasteiger partial charge on any atom is -0.381 e. The lowest BCUT2D eigenvalue weighted by Gasteiger charge is -2.10. The largest absolute Gasteiger partial charge is 0.381 e. The number of alkyl halides is 1. The van der Waals surface area contributed by atoms with Crippen molar-refractivity contribution in [1.82, 2.24) is 9.55 Å². The van der Waals surface area contributed by atoms with Crippen molar-refractivity contribution in [1.29, 1.82) is 0 Å². The fourth-order valence-electron chi connectivity index (χ4n) is 2.25. The van der Waals surface area contributed by atoms with E-state index in [1.165, 1.54) is 6.07 Å². The van der Waals surface area contributed by atoms with E-state index in [2.05, 4.69) is 27.8 Å². The Bertz CT molecular complexity index is 615. The predicted octanol–water partition coefficient (Wildman–Crippen LogP) is 5.05. The maximum absolute atomic E-state index is 13.8. The number of aromatic nitrogens is 2. The van der Waals surface area contributed by atoms with Crippen LogP contribution in [0.4, 0.5) is 4.39 Å². The number of hydrogen-bond acceptors (Lipinski definition) is 2. The molecule has 2 aromatic rings. The van der Waals surface area contributed by atoms with E-state index < -0.39 is 0 Å². The van der Waals surface area contributed by atoms with Crippen molar-refractivity contribution in [2.75, 3.05) is 13.2 Å². The maximum atomic E-state index is 13.8. The molecule has 0 aliphatic carbocycles. The van der Waals surface area contributed by atoms with Crippen LogP contribution in [0, 0.1) is 5.82 Å². The normalized spacial score (nSPS) is 13.0. The molecule has 1 atom stereocenters. The van der Waals surface area contributed by atoms with Crippen molar-refractivity contribution in [3.8, 4) is 0 Å². The van der Waals surface area contributed by atoms with Gasteiger partial charge in [-0.15, -0.1) is 11.6 Å². The van der Waals surface area contributed by atoms with Crippen LogP contribution in [-0.2, 0) is 11.3 Å². The molecular weight excluding hydrogens is 359 g/mol. The number of ether oxygens (including phenoxy) is 1. The topological polar surface area (TPSA) is 27.1 Å². The molecule has 1 unspecified atom stereocenters. The second kappa shape index (κ2) is 7.56. The lowest BCUT2D eigenvalue weighted by molar-refractivity contribution is 0.129. The van der Waals surface area contributed by atoms with E-state index in [0.717, 1.165) is 36.3 Å². The van der Waals surface area contributed by atoms with Gasteiger partial charge in [-0.05, 0) is 41.8 Å². The Hall–Kier alpha value is -0.650. The van der Waals surface area contributed by atoms with Gasteiger partial charge < -0.3 is 9.30 Å². The summed E-state index contributed by atoms with van der Waals surface area (Å²) in [6.07, 6.45) is 1.86. The summed E-state index contributed by atoms with van der Waals surface area (Å²) in [5.74, 6) is 0.472. The van der Waals surface area contributed by atoms with E-state index in [1.807, 2.05) is 11.5 Å². The first-order valence-corrected chi connectivity index (χ1v) is 8.34. The molecule has 0 saturated carbocycles. The molecule has 116 valence electrons. The van der Waals surface area contributed by atoms with E-state index in [-0.39, 0.29) is 11.2 Å². The van der Waals surface area contributed by atoms with Crippen molar-refractivity contribution >= 4 is 38.6 Å². The predicted molar refractivity (Wildman–Crippen MR) is 87.4 cm³/mol. The molecule has 0 bridgehead atoms. The highest BCUT2D eigenvalue weighted by Gasteiger charge is 2.16. The number of halogens is 3. The average Bonchev–Trinajstić information content (AvgIpc) is 2.77. The number of benzene rings is 1. The van der Waals surface area contributed by atoms with Gasteiger partial charge in [0.05, 0.1) is 20.9 Å². The maximum Gasteiger partial charge on any atom is 0.139 e. The van der Waals surface area contributed by atoms with Crippen LogP contribution < -0.4 is 0 Å². The summed E-state index contributed by atoms with van der Waals surface area (Å²) in [5, 5.41) is -0.226. The molecule has 0 aliphatic heterocycles. The van der Waals surface area contributed by atoms with Gasteiger partial charge in [0.1, 0.15) is 11.6 Å². The van der Waals surface area contributed by atoms with Crippen LogP contribution in [0.2, 0.25) is 0 Å². The van der Waals surface area contributed by atoms with Crippen molar-refractivity contribution in [2.45, 2.75) is 38.6 Å². The van der Waals surface area contributed by atoms with Gasteiger partial charge in [0.2, 0.25) is 0 Å². The number of nitrogens with zero attached hydrogens (tertiary/aromatic N) is 2. The fourth-order valence-corrected chi connectivity index (χ4v) is 2.75. The Morgan fingerprint density at radius 2 is 2.19 bits per heavy atom. The van der Waals surface area contributed by atoms with E-state index >= 15 is 0 Å². The van der Waals surface area contributed by atoms with E-state index in [0.29, 0.717) is 17.6 Å². The first-order valence-electron chi connectivity index (χ1n) is 7.11. The summed E-state index contributed by atoms with van der Waals surface area (Å²) in [7, 11) is 0. The summed E-state index contributed by atoms with van der Waals surface area (Å²) in [4.78, 5) is 4.52. The third-order valence-corrected chi connectivity index (χ3v) is 4.00. The van der Waals surface area contributed by atoms with Gasteiger partial charge in [-0.2, -0.15) is 0 Å². The van der Waals surface area contributed by atoms with Gasteiger partial charge in [0.15, 0.2) is 0 Å². The Morgan fingerprint density at radius 1 is 1.43 bits per heavy atom. The van der Waals surface area contributed by atoms with Gasteiger partial charge in [-0.3, -0.25) is 0 Å². The second-order valence-electron chi connectivity index (χ2n) is 4.96. The molecule has 21 heavy (non-hydrogen) atoms. The molecular formula is C15H19BrClFN2O. The fraction of sp³-hybridized carbons (Fsp3) is 0.533. The highest BCUT2D eigenvalue weighted by Crippen LogP contribution is 2.28. The van der Waals surface area contributed by atoms with Gasteiger partial charge in [0, 0.05) is 25.8 Å². The quantitative estimate of drug-likeness (QED) is 0.498. The van der Waals surface area contributed by atoms with Gasteiger partial charge in [-0.1, -0.05) is 6.92 Å². The van der Waals surface area contributed by atoms with Crippen molar-refractivity contribution < 1.29 is 9.13 Å². The van der Waals surface area contributed by atoms with E-state index in [4.69, 9.17) is 16.3 Å². The van der Waals surface area contributed by atoms with Crippen LogP contribution in [0.1, 0.15) is 37.9 Å². The highest BCUT2D eigenvalue weighted by molar-refractivity contribution is 9.10. The average molecular weight is 378 g/mol. The number of rotatable bonds is 7. The highest BCUT2D eigenvalue weighted by atomic mass is 79.9. The molecule has 1 aromatic heterocycles. The summed E-state index contributed by atoms with van der Waals surface area (Å²) < 4.78 is 21.7. The number of hydrogen-bond donors (Lipinski definition) is 0. The van der Waals surface area contributed by atoms with Crippen LogP contribution in [0.5, 0.6) is 0 Å². The third kappa shape index (κ3) is 3.96. The minimum atomic E-state index is -0.292. The first-order chi connectivity index (χ1) is 10.0. The van der Waals surface area contributed by atoms with Crippen LogP contribution in [0.15, 0.2) is 16.6 Å². The number of aryl methyl sites for hydroxylation is 1. The minimum absolute atomic E-state index is 0.226. The first kappa shape index (κ1) is 16.7. The second-order valence-corrected chi connectivity index (χ2v) is 6.47. The molecule has 0 aliphatic rings. The van der Waals surface area contributed by atoms with Crippen LogP contribution in [0.25, 0.3) is 11.0 Å². The molecule has 2 rings (SSSR count). The monoisotopic (exact) mass is 376 g/mol. The molecule has 0 fully saturated rings. The molecule has 1 heterocycles. The lowest BCUT2D eigenvalue weighted by atomic mass is 10.3. The standard InChI is InChI=1S/C15H19BrClFN2O/c1-3-6-21-7-4-5-20-14-9-12(18)11(16)8-13(14)19-15(20)10(2)17/h8-10H,3-7H2,1-2H3. The van der Waals surface area contributed by atoms with Gasteiger partial charge in [-0.25, -0.2) is 9.37 Å². The third-order valence-electron chi connectivity index (χ3n) is 3.19. The Kier molecular flexibility index (Phi) is 6.02. The molecule has 0 radical (unpaired) electrons. The molecule has 0 N–H and O–H groups in total.